The number of aliphatic hydroxyl groups excluding tert-OH is 1. The van der Waals surface area contributed by atoms with Crippen molar-refractivity contribution in [3.63, 3.8) is 0 Å². The van der Waals surface area contributed by atoms with Gasteiger partial charge < -0.3 is 15.2 Å². The molecule has 2 atom stereocenters. The number of nitro groups is 1. The standard InChI is InChI=1S/C13H20N2O4/c1-3-19-10(2)8-14-9-13(16)11-4-6-12(7-5-11)15(17)18/h4-7,10,13-14,16H,3,8-9H2,1-2H3. The lowest BCUT2D eigenvalue weighted by Gasteiger charge is -2.15. The second-order valence-corrected chi connectivity index (χ2v) is 4.29. The number of benzene rings is 1. The van der Waals surface area contributed by atoms with Gasteiger partial charge in [-0.05, 0) is 31.5 Å². The minimum atomic E-state index is -0.686. The van der Waals surface area contributed by atoms with Gasteiger partial charge in [0.1, 0.15) is 0 Å². The van der Waals surface area contributed by atoms with Crippen LogP contribution in [0.25, 0.3) is 0 Å². The second kappa shape index (κ2) is 7.83. The van der Waals surface area contributed by atoms with E-state index in [1.54, 1.807) is 12.1 Å². The summed E-state index contributed by atoms with van der Waals surface area (Å²) in [6.45, 7) is 5.58. The summed E-state index contributed by atoms with van der Waals surface area (Å²) < 4.78 is 5.35. The molecule has 1 aromatic carbocycles. The first-order chi connectivity index (χ1) is 9.04. The highest BCUT2D eigenvalue weighted by atomic mass is 16.6. The minimum Gasteiger partial charge on any atom is -0.387 e. The van der Waals surface area contributed by atoms with Gasteiger partial charge in [-0.2, -0.15) is 0 Å². The summed E-state index contributed by atoms with van der Waals surface area (Å²) >= 11 is 0. The van der Waals surface area contributed by atoms with Gasteiger partial charge in [-0.25, -0.2) is 0 Å². The monoisotopic (exact) mass is 268 g/mol. The molecule has 0 heterocycles. The number of ether oxygens (including phenoxy) is 1. The number of non-ortho nitro benzene ring substituents is 1. The molecule has 0 amide bonds. The minimum absolute atomic E-state index is 0.0221. The number of nitrogens with zero attached hydrogens (tertiary/aromatic N) is 1. The maximum absolute atomic E-state index is 10.5. The number of nitrogens with one attached hydrogen (secondary N) is 1. The van der Waals surface area contributed by atoms with E-state index >= 15 is 0 Å². The molecule has 2 N–H and O–H groups in total. The first-order valence-electron chi connectivity index (χ1n) is 6.29. The predicted octanol–water partition coefficient (Wildman–Crippen LogP) is 1.64. The fourth-order valence-corrected chi connectivity index (χ4v) is 1.70. The van der Waals surface area contributed by atoms with Crippen molar-refractivity contribution in [2.45, 2.75) is 26.1 Å². The van der Waals surface area contributed by atoms with Crippen molar-refractivity contribution >= 4 is 5.69 Å². The first-order valence-corrected chi connectivity index (χ1v) is 6.29. The fraction of sp³-hybridized carbons (Fsp3) is 0.538. The average Bonchev–Trinajstić information content (AvgIpc) is 2.39. The van der Waals surface area contributed by atoms with E-state index in [2.05, 4.69) is 5.32 Å². The molecular weight excluding hydrogens is 248 g/mol. The van der Waals surface area contributed by atoms with Crippen molar-refractivity contribution < 1.29 is 14.8 Å². The zero-order valence-electron chi connectivity index (χ0n) is 11.2. The number of hydrogen-bond acceptors (Lipinski definition) is 5. The van der Waals surface area contributed by atoms with Gasteiger partial charge in [0.25, 0.3) is 5.69 Å². The molecule has 0 saturated carbocycles. The average molecular weight is 268 g/mol. The Morgan fingerprint density at radius 1 is 1.37 bits per heavy atom. The Hall–Kier alpha value is -1.50. The molecule has 106 valence electrons. The highest BCUT2D eigenvalue weighted by Crippen LogP contribution is 2.17. The highest BCUT2D eigenvalue weighted by molar-refractivity contribution is 5.33. The number of nitro benzene ring substituents is 1. The highest BCUT2D eigenvalue weighted by Gasteiger charge is 2.10. The molecule has 1 aromatic rings. The zero-order valence-corrected chi connectivity index (χ0v) is 11.2. The van der Waals surface area contributed by atoms with Crippen LogP contribution in [0.2, 0.25) is 0 Å². The normalized spacial score (nSPS) is 14.1. The maximum atomic E-state index is 10.5. The van der Waals surface area contributed by atoms with Crippen LogP contribution in [0.5, 0.6) is 0 Å². The summed E-state index contributed by atoms with van der Waals surface area (Å²) in [4.78, 5) is 10.0. The first kappa shape index (κ1) is 15.6. The molecule has 0 aliphatic rings. The van der Waals surface area contributed by atoms with Gasteiger partial charge in [-0.3, -0.25) is 10.1 Å². The van der Waals surface area contributed by atoms with Crippen molar-refractivity contribution in [1.29, 1.82) is 0 Å². The summed E-state index contributed by atoms with van der Waals surface area (Å²) in [5, 5.41) is 23.5. The van der Waals surface area contributed by atoms with Crippen LogP contribution < -0.4 is 5.32 Å². The van der Waals surface area contributed by atoms with Crippen LogP contribution in [0, 0.1) is 10.1 Å². The molecule has 1 rings (SSSR count). The molecule has 0 radical (unpaired) electrons. The molecule has 6 heteroatoms. The van der Waals surface area contributed by atoms with Crippen LogP contribution in [-0.4, -0.2) is 35.8 Å². The Morgan fingerprint density at radius 3 is 2.53 bits per heavy atom. The maximum Gasteiger partial charge on any atom is 0.269 e. The van der Waals surface area contributed by atoms with E-state index in [4.69, 9.17) is 4.74 Å². The van der Waals surface area contributed by atoms with E-state index in [1.165, 1.54) is 12.1 Å². The van der Waals surface area contributed by atoms with Crippen molar-refractivity contribution in [1.82, 2.24) is 5.32 Å². The van der Waals surface area contributed by atoms with Crippen LogP contribution in [0.3, 0.4) is 0 Å². The van der Waals surface area contributed by atoms with E-state index in [1.807, 2.05) is 13.8 Å². The Kier molecular flexibility index (Phi) is 6.41. The molecule has 0 bridgehead atoms. The van der Waals surface area contributed by atoms with Crippen LogP contribution >= 0.6 is 0 Å². The summed E-state index contributed by atoms with van der Waals surface area (Å²) in [6, 6.07) is 5.91. The molecule has 0 spiro atoms. The van der Waals surface area contributed by atoms with Crippen molar-refractivity contribution in [2.75, 3.05) is 19.7 Å². The lowest BCUT2D eigenvalue weighted by molar-refractivity contribution is -0.384. The Balaban J connectivity index is 2.40. The predicted molar refractivity (Wildman–Crippen MR) is 72.0 cm³/mol. The topological polar surface area (TPSA) is 84.6 Å². The van der Waals surface area contributed by atoms with Gasteiger partial charge in [0, 0.05) is 31.8 Å². The smallest absolute Gasteiger partial charge is 0.269 e. The molecule has 0 saturated heterocycles. The lowest BCUT2D eigenvalue weighted by Crippen LogP contribution is -2.30. The van der Waals surface area contributed by atoms with E-state index in [0.717, 1.165) is 0 Å². The van der Waals surface area contributed by atoms with Crippen LogP contribution in [0.4, 0.5) is 5.69 Å². The summed E-state index contributed by atoms with van der Waals surface area (Å²) in [5.41, 5.74) is 0.677. The molecule has 19 heavy (non-hydrogen) atoms. The molecular formula is C13H20N2O4. The van der Waals surface area contributed by atoms with E-state index in [0.29, 0.717) is 25.3 Å². The zero-order chi connectivity index (χ0) is 14.3. The van der Waals surface area contributed by atoms with Crippen LogP contribution in [-0.2, 0) is 4.74 Å². The fourth-order valence-electron chi connectivity index (χ4n) is 1.70. The molecule has 0 aliphatic carbocycles. The van der Waals surface area contributed by atoms with Gasteiger partial charge in [0.05, 0.1) is 17.1 Å². The van der Waals surface area contributed by atoms with Crippen LogP contribution in [0.1, 0.15) is 25.5 Å². The molecule has 2 unspecified atom stereocenters. The molecule has 0 aliphatic heterocycles. The third-order valence-electron chi connectivity index (χ3n) is 2.71. The summed E-state index contributed by atoms with van der Waals surface area (Å²) in [7, 11) is 0. The van der Waals surface area contributed by atoms with Gasteiger partial charge in [0.2, 0.25) is 0 Å². The lowest BCUT2D eigenvalue weighted by atomic mass is 10.1. The SMILES string of the molecule is CCOC(C)CNCC(O)c1ccc([N+](=O)[O-])cc1. The third-order valence-corrected chi connectivity index (χ3v) is 2.71. The molecule has 0 aromatic heterocycles. The van der Waals surface area contributed by atoms with Crippen molar-refractivity contribution in [3.05, 3.63) is 39.9 Å². The third kappa shape index (κ3) is 5.34. The number of rotatable bonds is 8. The van der Waals surface area contributed by atoms with Gasteiger partial charge in [-0.15, -0.1) is 0 Å². The van der Waals surface area contributed by atoms with Gasteiger partial charge >= 0.3 is 0 Å². The summed E-state index contributed by atoms with van der Waals surface area (Å²) in [6.07, 6.45) is -0.594. The van der Waals surface area contributed by atoms with E-state index in [-0.39, 0.29) is 11.8 Å². The van der Waals surface area contributed by atoms with Crippen LogP contribution in [0.15, 0.2) is 24.3 Å². The Morgan fingerprint density at radius 2 is 2.00 bits per heavy atom. The van der Waals surface area contributed by atoms with E-state index < -0.39 is 11.0 Å². The van der Waals surface area contributed by atoms with Crippen molar-refractivity contribution in [2.24, 2.45) is 0 Å². The summed E-state index contributed by atoms with van der Waals surface area (Å²) in [5.74, 6) is 0. The number of aliphatic hydroxyl groups is 1. The van der Waals surface area contributed by atoms with E-state index in [9.17, 15) is 15.2 Å². The Labute approximate surface area is 112 Å². The molecule has 6 nitrogen and oxygen atoms in total. The largest absolute Gasteiger partial charge is 0.387 e. The van der Waals surface area contributed by atoms with Gasteiger partial charge in [-0.1, -0.05) is 0 Å². The van der Waals surface area contributed by atoms with Gasteiger partial charge in [0.15, 0.2) is 0 Å². The van der Waals surface area contributed by atoms with Crippen molar-refractivity contribution in [3.8, 4) is 0 Å². The molecule has 0 fully saturated rings. The quantitative estimate of drug-likeness (QED) is 0.553. The second-order valence-electron chi connectivity index (χ2n) is 4.29. The number of hydrogen-bond donors (Lipinski definition) is 2. The Bertz CT molecular complexity index is 394.